The van der Waals surface area contributed by atoms with Gasteiger partial charge in [-0.25, -0.2) is 9.78 Å². The van der Waals surface area contributed by atoms with Gasteiger partial charge in [0.25, 0.3) is 0 Å². The largest absolute Gasteiger partial charge is 0.478 e. The molecule has 0 saturated carbocycles. The standard InChI is InChI=1S/C33H44N4O5S/c1-7-41-29(38)16-8-9-17-34-25(20-33(4,5)6)21-42-28-19-27(30-22(2)12-10-13-23(30)3)35-32(36-28)37-43-26-15-11-14-24(18-26)31(39)40/h10-15,18-19,25,34H,7-9,16-17,20-21H2,1-6H3,(H,39,40)(H,35,36,37)/t25-/m1/s1. The Balaban J connectivity index is 1.78. The quantitative estimate of drug-likeness (QED) is 0.0883. The molecule has 2 aromatic carbocycles. The Kier molecular flexibility index (Phi) is 12.8. The normalized spacial score (nSPS) is 12.0. The Morgan fingerprint density at radius 1 is 1.02 bits per heavy atom. The van der Waals surface area contributed by atoms with Crippen molar-refractivity contribution >= 4 is 29.8 Å². The number of nitrogens with zero attached hydrogens (tertiary/aromatic N) is 2. The van der Waals surface area contributed by atoms with Crippen LogP contribution in [0.25, 0.3) is 11.3 Å². The molecule has 0 spiro atoms. The first-order chi connectivity index (χ1) is 20.4. The zero-order valence-electron chi connectivity index (χ0n) is 26.0. The van der Waals surface area contributed by atoms with Crippen molar-refractivity contribution < 1.29 is 24.2 Å². The van der Waals surface area contributed by atoms with E-state index in [1.54, 1.807) is 18.2 Å². The maximum Gasteiger partial charge on any atom is 0.335 e. The van der Waals surface area contributed by atoms with E-state index in [0.717, 1.165) is 53.1 Å². The summed E-state index contributed by atoms with van der Waals surface area (Å²) >= 11 is 1.24. The number of carboxylic acid groups (broad SMARTS) is 1. The van der Waals surface area contributed by atoms with E-state index in [1.165, 1.54) is 11.9 Å². The van der Waals surface area contributed by atoms with E-state index in [1.807, 2.05) is 25.1 Å². The Labute approximate surface area is 259 Å². The molecule has 1 aromatic heterocycles. The molecule has 0 aliphatic heterocycles. The van der Waals surface area contributed by atoms with E-state index in [2.05, 4.69) is 61.8 Å². The molecule has 0 aliphatic rings. The van der Waals surface area contributed by atoms with Crippen LogP contribution in [-0.2, 0) is 9.53 Å². The highest BCUT2D eigenvalue weighted by atomic mass is 32.2. The molecule has 9 nitrogen and oxygen atoms in total. The first-order valence-electron chi connectivity index (χ1n) is 14.7. The van der Waals surface area contributed by atoms with Gasteiger partial charge < -0.3 is 19.9 Å². The van der Waals surface area contributed by atoms with Crippen molar-refractivity contribution in [3.8, 4) is 17.1 Å². The Morgan fingerprint density at radius 3 is 2.42 bits per heavy atom. The Morgan fingerprint density at radius 2 is 1.74 bits per heavy atom. The van der Waals surface area contributed by atoms with Gasteiger partial charge in [0.05, 0.1) is 17.9 Å². The van der Waals surface area contributed by atoms with E-state index < -0.39 is 5.97 Å². The number of aromatic nitrogens is 2. The second kappa shape index (κ2) is 16.3. The molecule has 232 valence electrons. The maximum atomic E-state index is 11.7. The molecular formula is C33H44N4O5S. The van der Waals surface area contributed by atoms with Crippen LogP contribution >= 0.6 is 11.9 Å². The third kappa shape index (κ3) is 11.5. The van der Waals surface area contributed by atoms with Crippen LogP contribution in [0.5, 0.6) is 5.88 Å². The van der Waals surface area contributed by atoms with Crippen LogP contribution in [-0.4, -0.2) is 52.8 Å². The van der Waals surface area contributed by atoms with Crippen molar-refractivity contribution in [3.63, 3.8) is 0 Å². The van der Waals surface area contributed by atoms with Gasteiger partial charge in [-0.15, -0.1) is 0 Å². The first-order valence-corrected chi connectivity index (χ1v) is 15.5. The molecule has 0 unspecified atom stereocenters. The number of rotatable bonds is 16. The molecule has 1 heterocycles. The summed E-state index contributed by atoms with van der Waals surface area (Å²) in [5, 5.41) is 13.0. The van der Waals surface area contributed by atoms with Crippen LogP contribution in [0.15, 0.2) is 53.4 Å². The smallest absolute Gasteiger partial charge is 0.335 e. The molecule has 0 bridgehead atoms. The number of unbranched alkanes of at least 4 members (excludes halogenated alkanes) is 1. The minimum absolute atomic E-state index is 0.0748. The van der Waals surface area contributed by atoms with E-state index in [0.29, 0.717) is 31.5 Å². The van der Waals surface area contributed by atoms with Crippen molar-refractivity contribution in [2.45, 2.75) is 78.2 Å². The van der Waals surface area contributed by atoms with Crippen LogP contribution in [0.3, 0.4) is 0 Å². The maximum absolute atomic E-state index is 11.7. The number of esters is 1. The third-order valence-electron chi connectivity index (χ3n) is 6.62. The molecule has 0 fully saturated rings. The molecule has 3 rings (SSSR count). The van der Waals surface area contributed by atoms with Gasteiger partial charge in [-0.3, -0.25) is 9.52 Å². The van der Waals surface area contributed by atoms with Crippen molar-refractivity contribution in [3.05, 3.63) is 65.2 Å². The molecule has 0 amide bonds. The number of anilines is 1. The zero-order chi connectivity index (χ0) is 31.4. The topological polar surface area (TPSA) is 123 Å². The molecule has 10 heteroatoms. The fourth-order valence-corrected chi connectivity index (χ4v) is 5.37. The zero-order valence-corrected chi connectivity index (χ0v) is 26.8. The van der Waals surface area contributed by atoms with Gasteiger partial charge in [0.2, 0.25) is 11.8 Å². The average molecular weight is 609 g/mol. The summed E-state index contributed by atoms with van der Waals surface area (Å²) in [5.41, 5.74) is 4.22. The van der Waals surface area contributed by atoms with Gasteiger partial charge in [0.1, 0.15) is 6.61 Å². The molecule has 1 atom stereocenters. The molecule has 3 aromatic rings. The van der Waals surface area contributed by atoms with E-state index in [-0.39, 0.29) is 23.0 Å². The lowest BCUT2D eigenvalue weighted by atomic mass is 9.88. The number of carbonyl (C=O) groups excluding carboxylic acids is 1. The predicted molar refractivity (Wildman–Crippen MR) is 172 cm³/mol. The van der Waals surface area contributed by atoms with E-state index in [4.69, 9.17) is 14.5 Å². The van der Waals surface area contributed by atoms with Gasteiger partial charge in [-0.05, 0) is 93.3 Å². The van der Waals surface area contributed by atoms with Gasteiger partial charge >= 0.3 is 11.9 Å². The first kappa shape index (κ1) is 33.9. The summed E-state index contributed by atoms with van der Waals surface area (Å²) in [4.78, 5) is 33.2. The van der Waals surface area contributed by atoms with Crippen molar-refractivity contribution in [2.75, 3.05) is 24.5 Å². The summed E-state index contributed by atoms with van der Waals surface area (Å²) in [6, 6.07) is 14.7. The molecule has 43 heavy (non-hydrogen) atoms. The van der Waals surface area contributed by atoms with E-state index in [9.17, 15) is 14.7 Å². The molecule has 0 radical (unpaired) electrons. The second-order valence-corrected chi connectivity index (χ2v) is 12.6. The summed E-state index contributed by atoms with van der Waals surface area (Å²) in [6.45, 7) is 14.1. The Bertz CT molecular complexity index is 1360. The highest BCUT2D eigenvalue weighted by molar-refractivity contribution is 8.00. The van der Waals surface area contributed by atoms with Gasteiger partial charge in [-0.2, -0.15) is 4.98 Å². The van der Waals surface area contributed by atoms with Crippen molar-refractivity contribution in [1.82, 2.24) is 15.3 Å². The third-order valence-corrected chi connectivity index (χ3v) is 7.39. The van der Waals surface area contributed by atoms with E-state index >= 15 is 0 Å². The summed E-state index contributed by atoms with van der Waals surface area (Å²) in [6.07, 6.45) is 2.94. The monoisotopic (exact) mass is 608 g/mol. The molecule has 3 N–H and O–H groups in total. The second-order valence-electron chi connectivity index (χ2n) is 11.7. The minimum atomic E-state index is -0.983. The fourth-order valence-electron chi connectivity index (χ4n) is 4.74. The highest BCUT2D eigenvalue weighted by Crippen LogP contribution is 2.30. The van der Waals surface area contributed by atoms with Gasteiger partial charge in [-0.1, -0.05) is 45.0 Å². The van der Waals surface area contributed by atoms with Crippen molar-refractivity contribution in [2.24, 2.45) is 5.41 Å². The summed E-state index contributed by atoms with van der Waals surface area (Å²) < 4.78 is 14.5. The fraction of sp³-hybridized carbons (Fsp3) is 0.455. The number of ether oxygens (including phenoxy) is 2. The Hall–Kier alpha value is -3.63. The molecular weight excluding hydrogens is 564 g/mol. The number of carboxylic acids is 1. The van der Waals surface area contributed by atoms with Crippen LogP contribution in [0.4, 0.5) is 5.95 Å². The number of benzene rings is 2. The number of nitrogens with one attached hydrogen (secondary N) is 2. The van der Waals surface area contributed by atoms with Crippen LogP contribution in [0, 0.1) is 19.3 Å². The lowest BCUT2D eigenvalue weighted by Crippen LogP contribution is -2.38. The lowest BCUT2D eigenvalue weighted by molar-refractivity contribution is -0.143. The minimum Gasteiger partial charge on any atom is -0.478 e. The van der Waals surface area contributed by atoms with Crippen LogP contribution < -0.4 is 14.8 Å². The number of hydrogen-bond acceptors (Lipinski definition) is 9. The average Bonchev–Trinajstić information content (AvgIpc) is 2.94. The summed E-state index contributed by atoms with van der Waals surface area (Å²) in [5.74, 6) is -0.334. The SMILES string of the molecule is CCOC(=O)CCCCN[C@@H](COc1cc(-c2c(C)cccc2C)nc(NSc2cccc(C(=O)O)c2)n1)CC(C)(C)C. The molecule has 0 aliphatic carbocycles. The van der Waals surface area contributed by atoms with Crippen LogP contribution in [0.2, 0.25) is 0 Å². The number of aromatic carboxylic acids is 1. The summed E-state index contributed by atoms with van der Waals surface area (Å²) in [7, 11) is 0. The highest BCUT2D eigenvalue weighted by Gasteiger charge is 2.20. The predicted octanol–water partition coefficient (Wildman–Crippen LogP) is 7.08. The van der Waals surface area contributed by atoms with Crippen LogP contribution in [0.1, 0.15) is 74.9 Å². The number of hydrogen-bond donors (Lipinski definition) is 3. The van der Waals surface area contributed by atoms with Crippen molar-refractivity contribution in [1.29, 1.82) is 0 Å². The lowest BCUT2D eigenvalue weighted by Gasteiger charge is -2.27. The van der Waals surface area contributed by atoms with Gasteiger partial charge in [0, 0.05) is 29.0 Å². The molecule has 0 saturated heterocycles. The number of carbonyl (C=O) groups is 2. The van der Waals surface area contributed by atoms with Gasteiger partial charge in [0.15, 0.2) is 0 Å². The number of aryl methyl sites for hydroxylation is 2.